The summed E-state index contributed by atoms with van der Waals surface area (Å²) in [6, 6.07) is 5.54. The molecule has 19 heavy (non-hydrogen) atoms. The van der Waals surface area contributed by atoms with Gasteiger partial charge in [-0.05, 0) is 31.0 Å². The molecule has 0 amide bonds. The van der Waals surface area contributed by atoms with Crippen molar-refractivity contribution in [3.05, 3.63) is 18.2 Å². The van der Waals surface area contributed by atoms with Crippen LogP contribution < -0.4 is 10.0 Å². The molecular weight excluding hydrogens is 280 g/mol. The van der Waals surface area contributed by atoms with E-state index < -0.39 is 10.0 Å². The van der Waals surface area contributed by atoms with Crippen molar-refractivity contribution in [2.75, 3.05) is 22.3 Å². The van der Waals surface area contributed by atoms with Gasteiger partial charge in [-0.1, -0.05) is 12.8 Å². The molecule has 1 aromatic carbocycles. The van der Waals surface area contributed by atoms with Crippen molar-refractivity contribution < 1.29 is 8.42 Å². The number of nitrogens with two attached hydrogens (primary N) is 1. The summed E-state index contributed by atoms with van der Waals surface area (Å²) >= 11 is 1.70. The van der Waals surface area contributed by atoms with Crippen LogP contribution in [0.3, 0.4) is 0 Å². The van der Waals surface area contributed by atoms with Crippen molar-refractivity contribution in [2.45, 2.75) is 35.8 Å². The molecule has 1 aromatic rings. The lowest BCUT2D eigenvalue weighted by Gasteiger charge is -2.32. The maximum absolute atomic E-state index is 12.7. The van der Waals surface area contributed by atoms with Crippen LogP contribution >= 0.6 is 11.8 Å². The minimum atomic E-state index is -3.23. The summed E-state index contributed by atoms with van der Waals surface area (Å²) in [7, 11) is -3.23. The van der Waals surface area contributed by atoms with Gasteiger partial charge in [0.05, 0.1) is 10.9 Å². The van der Waals surface area contributed by atoms with Crippen molar-refractivity contribution in [3.8, 4) is 0 Å². The van der Waals surface area contributed by atoms with Gasteiger partial charge in [0.1, 0.15) is 0 Å². The van der Waals surface area contributed by atoms with Gasteiger partial charge in [-0.3, -0.25) is 4.31 Å². The molecule has 0 saturated heterocycles. The predicted octanol–water partition coefficient (Wildman–Crippen LogP) is 2.45. The first kappa shape index (κ1) is 13.1. The normalized spacial score (nSPS) is 20.5. The summed E-state index contributed by atoms with van der Waals surface area (Å²) < 4.78 is 27.1. The Kier molecular flexibility index (Phi) is 3.39. The number of hydrogen-bond acceptors (Lipinski definition) is 4. The highest BCUT2D eigenvalue weighted by atomic mass is 32.2. The summed E-state index contributed by atoms with van der Waals surface area (Å²) in [6.45, 7) is 0.556. The maximum Gasteiger partial charge on any atom is 0.238 e. The van der Waals surface area contributed by atoms with Gasteiger partial charge in [-0.2, -0.15) is 0 Å². The van der Waals surface area contributed by atoms with E-state index in [2.05, 4.69) is 0 Å². The van der Waals surface area contributed by atoms with Crippen LogP contribution in [0.25, 0.3) is 0 Å². The Balaban J connectivity index is 2.01. The average Bonchev–Trinajstić information content (AvgIpc) is 2.92. The highest BCUT2D eigenvalue weighted by Crippen LogP contribution is 2.39. The van der Waals surface area contributed by atoms with Crippen molar-refractivity contribution in [1.29, 1.82) is 0 Å². The highest BCUT2D eigenvalue weighted by Gasteiger charge is 2.36. The standard InChI is InChI=1S/C13H18N2O2S2/c14-10-5-6-13-12(9-10)15(7-8-18-13)19(16,17)11-3-1-2-4-11/h5-6,9,11H,1-4,7-8,14H2. The number of sulfonamides is 1. The fourth-order valence-corrected chi connectivity index (χ4v) is 6.05. The third-order valence-corrected chi connectivity index (χ3v) is 7.18. The van der Waals surface area contributed by atoms with Gasteiger partial charge in [-0.25, -0.2) is 8.42 Å². The fourth-order valence-electron chi connectivity index (χ4n) is 2.84. The Labute approximate surface area is 118 Å². The van der Waals surface area contributed by atoms with Crippen molar-refractivity contribution in [1.82, 2.24) is 0 Å². The summed E-state index contributed by atoms with van der Waals surface area (Å²) in [5.74, 6) is 0.808. The van der Waals surface area contributed by atoms with E-state index in [-0.39, 0.29) is 5.25 Å². The van der Waals surface area contributed by atoms with Gasteiger partial charge in [0, 0.05) is 22.9 Å². The minimum Gasteiger partial charge on any atom is -0.399 e. The van der Waals surface area contributed by atoms with Crippen LogP contribution in [0.4, 0.5) is 11.4 Å². The lowest BCUT2D eigenvalue weighted by Crippen LogP contribution is -2.40. The molecule has 1 aliphatic carbocycles. The molecule has 1 fully saturated rings. The van der Waals surface area contributed by atoms with Crippen LogP contribution in [-0.4, -0.2) is 26.0 Å². The summed E-state index contributed by atoms with van der Waals surface area (Å²) in [5.41, 5.74) is 7.20. The van der Waals surface area contributed by atoms with E-state index in [1.807, 2.05) is 12.1 Å². The fraction of sp³-hybridized carbons (Fsp3) is 0.538. The van der Waals surface area contributed by atoms with Gasteiger partial charge in [0.15, 0.2) is 0 Å². The second kappa shape index (κ2) is 4.90. The van der Waals surface area contributed by atoms with Crippen LogP contribution in [0.5, 0.6) is 0 Å². The molecule has 2 N–H and O–H groups in total. The molecule has 3 rings (SSSR count). The Hall–Kier alpha value is -0.880. The van der Waals surface area contributed by atoms with E-state index in [4.69, 9.17) is 5.73 Å². The third-order valence-electron chi connectivity index (χ3n) is 3.83. The quantitative estimate of drug-likeness (QED) is 0.852. The van der Waals surface area contributed by atoms with Crippen molar-refractivity contribution in [2.24, 2.45) is 0 Å². The first-order chi connectivity index (χ1) is 9.09. The topological polar surface area (TPSA) is 63.4 Å². The molecule has 2 aliphatic rings. The van der Waals surface area contributed by atoms with E-state index in [0.717, 1.165) is 42.0 Å². The molecule has 0 unspecified atom stereocenters. The minimum absolute atomic E-state index is 0.204. The van der Waals surface area contributed by atoms with E-state index in [1.54, 1.807) is 22.1 Å². The van der Waals surface area contributed by atoms with Crippen LogP contribution in [0, 0.1) is 0 Å². The number of anilines is 2. The monoisotopic (exact) mass is 298 g/mol. The van der Waals surface area contributed by atoms with Gasteiger partial charge in [-0.15, -0.1) is 11.8 Å². The zero-order chi connectivity index (χ0) is 13.5. The van der Waals surface area contributed by atoms with E-state index in [0.29, 0.717) is 12.2 Å². The Morgan fingerprint density at radius 2 is 2.00 bits per heavy atom. The number of thioether (sulfide) groups is 1. The van der Waals surface area contributed by atoms with Crippen LogP contribution in [0.1, 0.15) is 25.7 Å². The summed E-state index contributed by atoms with van der Waals surface area (Å²) in [4.78, 5) is 1.02. The number of nitrogens with zero attached hydrogens (tertiary/aromatic N) is 1. The molecule has 0 aromatic heterocycles. The molecule has 0 atom stereocenters. The average molecular weight is 298 g/mol. The molecule has 0 bridgehead atoms. The molecule has 1 saturated carbocycles. The van der Waals surface area contributed by atoms with Gasteiger partial charge < -0.3 is 5.73 Å². The second-order valence-electron chi connectivity index (χ2n) is 5.10. The highest BCUT2D eigenvalue weighted by molar-refractivity contribution is 8.00. The van der Waals surface area contributed by atoms with E-state index in [9.17, 15) is 8.42 Å². The van der Waals surface area contributed by atoms with E-state index in [1.165, 1.54) is 0 Å². The zero-order valence-electron chi connectivity index (χ0n) is 10.7. The largest absolute Gasteiger partial charge is 0.399 e. The van der Waals surface area contributed by atoms with Crippen molar-refractivity contribution in [3.63, 3.8) is 0 Å². The smallest absolute Gasteiger partial charge is 0.238 e. The van der Waals surface area contributed by atoms with Crippen molar-refractivity contribution >= 4 is 33.2 Å². The molecule has 0 radical (unpaired) electrons. The molecule has 6 heteroatoms. The molecular formula is C13H18N2O2S2. The molecule has 0 spiro atoms. The molecule has 1 aliphatic heterocycles. The second-order valence-corrected chi connectivity index (χ2v) is 8.37. The van der Waals surface area contributed by atoms with Gasteiger partial charge in [0.2, 0.25) is 10.0 Å². The lowest BCUT2D eigenvalue weighted by molar-refractivity contribution is 0.575. The number of benzene rings is 1. The number of hydrogen-bond donors (Lipinski definition) is 1. The number of fused-ring (bicyclic) bond motifs is 1. The number of nitrogen functional groups attached to an aromatic ring is 1. The first-order valence-corrected chi connectivity index (χ1v) is 9.12. The lowest BCUT2D eigenvalue weighted by atomic mass is 10.3. The summed E-state index contributed by atoms with van der Waals surface area (Å²) in [6.07, 6.45) is 3.64. The zero-order valence-corrected chi connectivity index (χ0v) is 12.3. The maximum atomic E-state index is 12.7. The predicted molar refractivity (Wildman–Crippen MR) is 80.1 cm³/mol. The molecule has 104 valence electrons. The number of rotatable bonds is 2. The summed E-state index contributed by atoms with van der Waals surface area (Å²) in [5, 5.41) is -0.204. The Bertz CT molecular complexity index is 580. The third kappa shape index (κ3) is 2.31. The SMILES string of the molecule is Nc1ccc2c(c1)N(S(=O)(=O)C1CCCC1)CCS2. The van der Waals surface area contributed by atoms with Gasteiger partial charge >= 0.3 is 0 Å². The van der Waals surface area contributed by atoms with Crippen LogP contribution in [-0.2, 0) is 10.0 Å². The van der Waals surface area contributed by atoms with Crippen LogP contribution in [0.2, 0.25) is 0 Å². The van der Waals surface area contributed by atoms with Gasteiger partial charge in [0.25, 0.3) is 0 Å². The first-order valence-electron chi connectivity index (χ1n) is 6.63. The molecule has 4 nitrogen and oxygen atoms in total. The Morgan fingerprint density at radius 1 is 1.26 bits per heavy atom. The Morgan fingerprint density at radius 3 is 2.74 bits per heavy atom. The molecule has 1 heterocycles. The van der Waals surface area contributed by atoms with E-state index >= 15 is 0 Å². The van der Waals surface area contributed by atoms with Crippen LogP contribution in [0.15, 0.2) is 23.1 Å².